The topological polar surface area (TPSA) is 228 Å². The number of carbonyl (C=O) groups excluding carboxylic acids is 1. The van der Waals surface area contributed by atoms with Crippen LogP contribution in [0, 0.1) is 0 Å². The smallest absolute Gasteiger partial charge is 0.264 e. The van der Waals surface area contributed by atoms with Gasteiger partial charge in [-0.05, 0) is 6.42 Å². The number of aliphatic hydroxyl groups excluding tert-OH is 5. The molecule has 39 heavy (non-hydrogen) atoms. The van der Waals surface area contributed by atoms with Crippen molar-refractivity contribution in [3.8, 4) is 0 Å². The summed E-state index contributed by atoms with van der Waals surface area (Å²) in [5.41, 5.74) is 5.36. The first-order valence-electron chi connectivity index (χ1n) is 13.2. The Morgan fingerprint density at radius 2 is 1.59 bits per heavy atom. The molecule has 15 heteroatoms. The Kier molecular flexibility index (Phi) is 16.8. The van der Waals surface area contributed by atoms with Crippen molar-refractivity contribution in [3.63, 3.8) is 0 Å². The van der Waals surface area contributed by atoms with E-state index >= 15 is 0 Å². The Bertz CT molecular complexity index is 725. The van der Waals surface area contributed by atoms with Gasteiger partial charge in [0.25, 0.3) is 5.84 Å². The lowest BCUT2D eigenvalue weighted by molar-refractivity contribution is -0.349. The molecule has 0 radical (unpaired) electrons. The summed E-state index contributed by atoms with van der Waals surface area (Å²) >= 11 is 0. The van der Waals surface area contributed by atoms with E-state index in [0.29, 0.717) is 6.61 Å². The molecule has 0 aromatic heterocycles. The van der Waals surface area contributed by atoms with Gasteiger partial charge in [-0.1, -0.05) is 39.0 Å². The van der Waals surface area contributed by atoms with Gasteiger partial charge in [-0.2, -0.15) is 0 Å². The maximum atomic E-state index is 11.9. The highest BCUT2D eigenvalue weighted by molar-refractivity contribution is 5.75. The fourth-order valence-electron chi connectivity index (χ4n) is 4.46. The number of rotatable bonds is 16. The summed E-state index contributed by atoms with van der Waals surface area (Å²) in [5, 5.41) is 60.1. The van der Waals surface area contributed by atoms with Crippen LogP contribution >= 0.6 is 0 Å². The van der Waals surface area contributed by atoms with Crippen molar-refractivity contribution < 1.29 is 71.8 Å². The van der Waals surface area contributed by atoms with Crippen LogP contribution in [0.2, 0.25) is 0 Å². The SMILES string of the molecule is CCCCCCCCO[C@@H]1O[C@H](CO)[C@@H](O[C@@H]2O[C@H](COCC(N)=[NH2+])[C@H](O)[C@H](O)[C@H]2O)[C@H](O)[C@H]1NC(C)=O.[Cl-]. The van der Waals surface area contributed by atoms with Gasteiger partial charge in [0.15, 0.2) is 12.6 Å². The van der Waals surface area contributed by atoms with Gasteiger partial charge in [-0.15, -0.1) is 0 Å². The molecule has 2 heterocycles. The molecular weight excluding hydrogens is 542 g/mol. The zero-order valence-corrected chi connectivity index (χ0v) is 23.3. The summed E-state index contributed by atoms with van der Waals surface area (Å²) in [5.74, 6) is -0.457. The molecule has 10 atom stereocenters. The van der Waals surface area contributed by atoms with E-state index in [9.17, 15) is 30.3 Å². The highest BCUT2D eigenvalue weighted by atomic mass is 35.5. The molecule has 0 saturated carbocycles. The third-order valence-corrected chi connectivity index (χ3v) is 6.51. The Hall–Kier alpha value is -1.17. The first kappa shape index (κ1) is 35.9. The molecular formula is C24H46ClN3O11. The minimum atomic E-state index is -1.71. The second-order valence-corrected chi connectivity index (χ2v) is 9.79. The quantitative estimate of drug-likeness (QED) is 0.0479. The van der Waals surface area contributed by atoms with Crippen LogP contribution in [0.3, 0.4) is 0 Å². The van der Waals surface area contributed by atoms with Crippen molar-refractivity contribution >= 4 is 11.7 Å². The summed E-state index contributed by atoms with van der Waals surface area (Å²) in [6.45, 7) is 2.79. The van der Waals surface area contributed by atoms with Crippen molar-refractivity contribution in [2.45, 2.75) is 114 Å². The van der Waals surface area contributed by atoms with E-state index in [1.807, 2.05) is 0 Å². The molecule has 2 aliphatic heterocycles. The normalized spacial score (nSPS) is 34.7. The standard InChI is InChI=1S/C24H45N3O11.ClH/c1-3-4-5-6-7-8-9-35-23-17(27-13(2)29)19(31)22(14(10-28)36-23)38-24-21(33)20(32)18(30)15(37-24)11-34-12-16(25)26;/h14-15,17-24,28,30-33H,3-12H2,1-2H3,(H3,25,26)(H,27,29);1H/t14-,15-,17-,18+,19-,20+,21-,22-,23-,24+;/m1./s1. The second-order valence-electron chi connectivity index (χ2n) is 9.79. The van der Waals surface area contributed by atoms with Crippen LogP contribution in [0.5, 0.6) is 0 Å². The van der Waals surface area contributed by atoms with Gasteiger partial charge in [0.1, 0.15) is 55.4 Å². The zero-order chi connectivity index (χ0) is 28.2. The first-order chi connectivity index (χ1) is 18.1. The molecule has 0 aliphatic carbocycles. The van der Waals surface area contributed by atoms with Crippen LogP contribution in [-0.4, -0.2) is 125 Å². The van der Waals surface area contributed by atoms with E-state index in [2.05, 4.69) is 12.2 Å². The van der Waals surface area contributed by atoms with Gasteiger partial charge in [-0.25, -0.2) is 0 Å². The average molecular weight is 588 g/mol. The molecule has 10 N–H and O–H groups in total. The Morgan fingerprint density at radius 3 is 2.21 bits per heavy atom. The maximum absolute atomic E-state index is 11.9. The van der Waals surface area contributed by atoms with E-state index in [4.69, 9.17) is 34.8 Å². The highest BCUT2D eigenvalue weighted by Gasteiger charge is 2.51. The number of halogens is 1. The van der Waals surface area contributed by atoms with Crippen molar-refractivity contribution in [1.29, 1.82) is 0 Å². The van der Waals surface area contributed by atoms with Gasteiger partial charge in [0, 0.05) is 13.5 Å². The number of hydrogen-bond donors (Lipinski definition) is 8. The molecule has 0 unspecified atom stereocenters. The number of unbranched alkanes of at least 4 members (excludes halogenated alkanes) is 5. The van der Waals surface area contributed by atoms with Crippen molar-refractivity contribution in [3.05, 3.63) is 0 Å². The van der Waals surface area contributed by atoms with Crippen molar-refractivity contribution in [2.75, 3.05) is 26.4 Å². The van der Waals surface area contributed by atoms with E-state index < -0.39 is 73.9 Å². The van der Waals surface area contributed by atoms with Gasteiger partial charge in [0.2, 0.25) is 5.91 Å². The van der Waals surface area contributed by atoms with Gasteiger partial charge < -0.3 is 66.9 Å². The predicted octanol–water partition coefficient (Wildman–Crippen LogP) is -6.72. The first-order valence-corrected chi connectivity index (χ1v) is 13.2. The lowest BCUT2D eigenvalue weighted by Gasteiger charge is -2.47. The zero-order valence-electron chi connectivity index (χ0n) is 22.6. The number of aliphatic hydroxyl groups is 5. The predicted molar refractivity (Wildman–Crippen MR) is 132 cm³/mol. The van der Waals surface area contributed by atoms with Crippen LogP contribution in [-0.2, 0) is 28.5 Å². The monoisotopic (exact) mass is 587 g/mol. The number of amidine groups is 1. The average Bonchev–Trinajstić information content (AvgIpc) is 2.87. The summed E-state index contributed by atoms with van der Waals surface area (Å²) in [6.07, 6.45) is -6.25. The minimum absolute atomic E-state index is 0. The third-order valence-electron chi connectivity index (χ3n) is 6.51. The van der Waals surface area contributed by atoms with Crippen LogP contribution in [0.4, 0.5) is 0 Å². The van der Waals surface area contributed by atoms with E-state index in [1.54, 1.807) is 0 Å². The second kappa shape index (κ2) is 18.3. The summed E-state index contributed by atoms with van der Waals surface area (Å²) in [7, 11) is 0. The van der Waals surface area contributed by atoms with Gasteiger partial charge in [-0.3, -0.25) is 15.9 Å². The van der Waals surface area contributed by atoms with Crippen LogP contribution in [0.25, 0.3) is 0 Å². The van der Waals surface area contributed by atoms with Crippen LogP contribution in [0.15, 0.2) is 0 Å². The third kappa shape index (κ3) is 11.0. The summed E-state index contributed by atoms with van der Waals surface area (Å²) in [4.78, 5) is 11.9. The number of hydrogen-bond acceptors (Lipinski definition) is 11. The van der Waals surface area contributed by atoms with Gasteiger partial charge >= 0.3 is 0 Å². The number of nitrogens with two attached hydrogens (primary N) is 2. The Balaban J connectivity index is 0.00000760. The number of amides is 1. The number of nitrogens with one attached hydrogen (secondary N) is 1. The maximum Gasteiger partial charge on any atom is 0.264 e. The largest absolute Gasteiger partial charge is 1.00 e. The highest BCUT2D eigenvalue weighted by Crippen LogP contribution is 2.30. The lowest BCUT2D eigenvalue weighted by Crippen LogP contribution is -3.00. The Morgan fingerprint density at radius 1 is 0.949 bits per heavy atom. The van der Waals surface area contributed by atoms with Crippen LogP contribution in [0.1, 0.15) is 52.4 Å². The molecule has 0 aromatic carbocycles. The van der Waals surface area contributed by atoms with Crippen LogP contribution < -0.4 is 28.9 Å². The molecule has 0 aromatic rings. The van der Waals surface area contributed by atoms with E-state index in [-0.39, 0.29) is 31.5 Å². The molecule has 2 saturated heterocycles. The van der Waals surface area contributed by atoms with Crippen molar-refractivity contribution in [2.24, 2.45) is 5.73 Å². The summed E-state index contributed by atoms with van der Waals surface area (Å²) in [6, 6.07) is -1.06. The van der Waals surface area contributed by atoms with E-state index in [0.717, 1.165) is 32.1 Å². The minimum Gasteiger partial charge on any atom is -1.00 e. The summed E-state index contributed by atoms with van der Waals surface area (Å²) < 4.78 is 28.3. The fourth-order valence-corrected chi connectivity index (χ4v) is 4.46. The molecule has 1 amide bonds. The molecule has 2 aliphatic rings. The molecule has 14 nitrogen and oxygen atoms in total. The molecule has 230 valence electrons. The fraction of sp³-hybridized carbons (Fsp3) is 0.917. The molecule has 0 spiro atoms. The number of carbonyl (C=O) groups is 1. The Labute approximate surface area is 235 Å². The lowest BCUT2D eigenvalue weighted by atomic mass is 9.95. The van der Waals surface area contributed by atoms with Gasteiger partial charge in [0.05, 0.1) is 13.2 Å². The molecule has 2 fully saturated rings. The number of ether oxygens (including phenoxy) is 5. The molecule has 2 rings (SSSR count). The molecule has 0 bridgehead atoms. The van der Waals surface area contributed by atoms with E-state index in [1.165, 1.54) is 13.3 Å². The van der Waals surface area contributed by atoms with Crippen molar-refractivity contribution in [1.82, 2.24) is 5.32 Å².